The number of rotatable bonds is 0. The molecule has 0 nitrogen and oxygen atoms in total. The topological polar surface area (TPSA) is 0 Å². The molecular weight excluding hydrogens is 88.1 g/mol. The maximum absolute atomic E-state index is 2.33. The van der Waals surface area contributed by atoms with Crippen LogP contribution >= 0.6 is 0 Å². The van der Waals surface area contributed by atoms with E-state index < -0.39 is 0 Å². The van der Waals surface area contributed by atoms with E-state index in [1.54, 1.807) is 6.04 Å². The van der Waals surface area contributed by atoms with Crippen LogP contribution in [-0.4, -0.2) is 9.52 Å². The first kappa shape index (κ1) is 4.12. The van der Waals surface area contributed by atoms with Crippen molar-refractivity contribution in [2.24, 2.45) is 0 Å². The Kier molecular flexibility index (Phi) is 1.50. The van der Waals surface area contributed by atoms with Gasteiger partial charge in [-0.25, -0.2) is 0 Å². The molecule has 0 aromatic heterocycles. The predicted octanol–water partition coefficient (Wildman–Crippen LogP) is 0.952. The summed E-state index contributed by atoms with van der Waals surface area (Å²) in [7, 11) is 0.422. The zero-order valence-electron chi connectivity index (χ0n) is 3.98. The molecule has 0 aromatic carbocycles. The first-order valence-corrected chi connectivity index (χ1v) is 4.65. The fourth-order valence-corrected chi connectivity index (χ4v) is 2.04. The van der Waals surface area contributed by atoms with Gasteiger partial charge in [-0.3, -0.25) is 0 Å². The molecule has 0 bridgehead atoms. The predicted molar refractivity (Wildman–Crippen MR) is 31.9 cm³/mol. The van der Waals surface area contributed by atoms with Gasteiger partial charge in [-0.2, -0.15) is 0 Å². The summed E-state index contributed by atoms with van der Waals surface area (Å²) in [4.78, 5) is 0. The third-order valence-corrected chi connectivity index (χ3v) is 2.81. The fourth-order valence-electron chi connectivity index (χ4n) is 0.760. The van der Waals surface area contributed by atoms with E-state index in [4.69, 9.17) is 0 Å². The molecule has 6 heavy (non-hydrogen) atoms. The zero-order chi connectivity index (χ0) is 4.24. The van der Waals surface area contributed by atoms with Crippen molar-refractivity contribution in [1.29, 1.82) is 0 Å². The average Bonchev–Trinajstić information content (AvgIpc) is 1.72. The van der Waals surface area contributed by atoms with Gasteiger partial charge in [0, 0.05) is 9.52 Å². The molecule has 0 N–H and O–H groups in total. The van der Waals surface area contributed by atoms with Crippen molar-refractivity contribution in [2.45, 2.75) is 18.5 Å². The smallest absolute Gasteiger partial charge is 0.0243 e. The van der Waals surface area contributed by atoms with Crippen molar-refractivity contribution < 1.29 is 0 Å². The molecule has 34 valence electrons. The maximum atomic E-state index is 2.33. The van der Waals surface area contributed by atoms with Gasteiger partial charge in [-0.15, -0.1) is 0 Å². The first-order valence-electron chi connectivity index (χ1n) is 2.65. The Hall–Kier alpha value is -0.0431. The molecule has 0 aliphatic carbocycles. The quantitative estimate of drug-likeness (QED) is 0.312. The third kappa shape index (κ3) is 0.975. The van der Waals surface area contributed by atoms with Gasteiger partial charge in [0.25, 0.3) is 0 Å². The van der Waals surface area contributed by atoms with Crippen molar-refractivity contribution >= 4 is 9.52 Å². The fraction of sp³-hybridized carbons (Fsp3) is 0.600. The van der Waals surface area contributed by atoms with Gasteiger partial charge in [0.05, 0.1) is 0 Å². The normalized spacial score (nSPS) is 25.3. The van der Waals surface area contributed by atoms with E-state index in [2.05, 4.69) is 12.2 Å². The van der Waals surface area contributed by atoms with Crippen LogP contribution in [0.1, 0.15) is 6.42 Å². The minimum atomic E-state index is 0.422. The van der Waals surface area contributed by atoms with Gasteiger partial charge in [-0.05, 0) is 12.5 Å². The first-order chi connectivity index (χ1) is 3.00. The Morgan fingerprint density at radius 2 is 2.33 bits per heavy atom. The van der Waals surface area contributed by atoms with Crippen LogP contribution in [0.3, 0.4) is 0 Å². The zero-order valence-corrected chi connectivity index (χ0v) is 5.40. The molecular formula is C5H10Si. The second kappa shape index (κ2) is 2.19. The Balaban J connectivity index is 2.26. The Labute approximate surface area is 41.1 Å². The molecule has 0 amide bonds. The molecule has 1 aliphatic rings. The monoisotopic (exact) mass is 98.1 g/mol. The summed E-state index contributed by atoms with van der Waals surface area (Å²) in [5, 5.41) is 0. The maximum Gasteiger partial charge on any atom is 0.0243 e. The highest BCUT2D eigenvalue weighted by Crippen LogP contribution is 2.01. The van der Waals surface area contributed by atoms with E-state index in [0.717, 1.165) is 0 Å². The van der Waals surface area contributed by atoms with Crippen molar-refractivity contribution in [1.82, 2.24) is 0 Å². The van der Waals surface area contributed by atoms with E-state index in [1.807, 2.05) is 0 Å². The summed E-state index contributed by atoms with van der Waals surface area (Å²) in [5.74, 6) is 0. The standard InChI is InChI=1S/C5H10Si/c1-2-4-6-5-3-1/h1-2H,3-6H2. The second-order valence-electron chi connectivity index (χ2n) is 1.76. The highest BCUT2D eigenvalue weighted by Gasteiger charge is 1.88. The lowest BCUT2D eigenvalue weighted by molar-refractivity contribution is 1.16. The second-order valence-corrected chi connectivity index (χ2v) is 3.75. The van der Waals surface area contributed by atoms with Crippen LogP contribution < -0.4 is 0 Å². The molecule has 0 saturated heterocycles. The van der Waals surface area contributed by atoms with E-state index >= 15 is 0 Å². The van der Waals surface area contributed by atoms with Gasteiger partial charge in [0.2, 0.25) is 0 Å². The van der Waals surface area contributed by atoms with Crippen LogP contribution in [0.4, 0.5) is 0 Å². The van der Waals surface area contributed by atoms with Crippen LogP contribution in [0.5, 0.6) is 0 Å². The van der Waals surface area contributed by atoms with Gasteiger partial charge < -0.3 is 0 Å². The van der Waals surface area contributed by atoms with Crippen molar-refractivity contribution in [3.8, 4) is 0 Å². The molecule has 1 aliphatic heterocycles. The van der Waals surface area contributed by atoms with Crippen molar-refractivity contribution in [2.75, 3.05) is 0 Å². The molecule has 1 rings (SSSR count). The van der Waals surface area contributed by atoms with Crippen LogP contribution in [-0.2, 0) is 0 Å². The van der Waals surface area contributed by atoms with Gasteiger partial charge in [0.1, 0.15) is 0 Å². The Morgan fingerprint density at radius 3 is 2.50 bits per heavy atom. The molecule has 0 radical (unpaired) electrons. The molecule has 0 spiro atoms. The minimum absolute atomic E-state index is 0.422. The summed E-state index contributed by atoms with van der Waals surface area (Å²) < 4.78 is 0. The lowest BCUT2D eigenvalue weighted by Gasteiger charge is -1.96. The lowest BCUT2D eigenvalue weighted by atomic mass is 10.4. The van der Waals surface area contributed by atoms with Crippen LogP contribution in [0.15, 0.2) is 12.2 Å². The van der Waals surface area contributed by atoms with Crippen LogP contribution in [0.25, 0.3) is 0 Å². The molecule has 0 aromatic rings. The highest BCUT2D eigenvalue weighted by molar-refractivity contribution is 6.36. The number of hydrogen-bond acceptors (Lipinski definition) is 0. The third-order valence-electron chi connectivity index (χ3n) is 1.16. The van der Waals surface area contributed by atoms with Gasteiger partial charge >= 0.3 is 0 Å². The van der Waals surface area contributed by atoms with E-state index in [1.165, 1.54) is 12.5 Å². The molecule has 0 saturated carbocycles. The molecule has 0 unspecified atom stereocenters. The van der Waals surface area contributed by atoms with Gasteiger partial charge in [0.15, 0.2) is 0 Å². The van der Waals surface area contributed by atoms with Gasteiger partial charge in [-0.1, -0.05) is 18.2 Å². The summed E-state index contributed by atoms with van der Waals surface area (Å²) >= 11 is 0. The molecule has 0 atom stereocenters. The van der Waals surface area contributed by atoms with E-state index in [-0.39, 0.29) is 0 Å². The average molecular weight is 98.2 g/mol. The van der Waals surface area contributed by atoms with Crippen LogP contribution in [0, 0.1) is 0 Å². The summed E-state index contributed by atoms with van der Waals surface area (Å²) in [6, 6.07) is 3.01. The molecule has 1 heteroatoms. The highest BCUT2D eigenvalue weighted by atomic mass is 28.2. The lowest BCUT2D eigenvalue weighted by Crippen LogP contribution is -1.88. The Bertz CT molecular complexity index is 49.0. The minimum Gasteiger partial charge on any atom is -0.0918 e. The largest absolute Gasteiger partial charge is 0.0918 e. The van der Waals surface area contributed by atoms with E-state index in [0.29, 0.717) is 9.52 Å². The molecule has 1 heterocycles. The van der Waals surface area contributed by atoms with Crippen LogP contribution in [0.2, 0.25) is 12.1 Å². The number of allylic oxidation sites excluding steroid dienone is 2. The Morgan fingerprint density at radius 1 is 1.33 bits per heavy atom. The molecule has 0 fully saturated rings. The van der Waals surface area contributed by atoms with Crippen molar-refractivity contribution in [3.05, 3.63) is 12.2 Å². The summed E-state index contributed by atoms with van der Waals surface area (Å²) in [5.41, 5.74) is 0. The van der Waals surface area contributed by atoms with E-state index in [9.17, 15) is 0 Å². The number of hydrogen-bond donors (Lipinski definition) is 0. The SMILES string of the molecule is C1=CC[SiH2]CC1. The summed E-state index contributed by atoms with van der Waals surface area (Å²) in [6.45, 7) is 0. The van der Waals surface area contributed by atoms with Crippen molar-refractivity contribution in [3.63, 3.8) is 0 Å². The summed E-state index contributed by atoms with van der Waals surface area (Å²) in [6.07, 6.45) is 6.01.